The second kappa shape index (κ2) is 11.5. The molecule has 1 unspecified atom stereocenters. The second-order valence-electron chi connectivity index (χ2n) is 6.90. The van der Waals surface area contributed by atoms with Crippen LogP contribution in [0.15, 0.2) is 41.3 Å². The molecule has 1 atom stereocenters. The highest BCUT2D eigenvalue weighted by Gasteiger charge is 2.29. The highest BCUT2D eigenvalue weighted by molar-refractivity contribution is 8.01. The molecule has 33 heavy (non-hydrogen) atoms. The molecule has 0 radical (unpaired) electrons. The molecule has 176 valence electrons. The van der Waals surface area contributed by atoms with Crippen molar-refractivity contribution in [2.24, 2.45) is 0 Å². The molecule has 3 amide bonds. The Kier molecular flexibility index (Phi) is 8.42. The van der Waals surface area contributed by atoms with Crippen LogP contribution in [0.3, 0.4) is 0 Å². The molecular formula is C23H27N3O6S. The lowest BCUT2D eigenvalue weighted by atomic mass is 10.1. The summed E-state index contributed by atoms with van der Waals surface area (Å²) in [6.45, 7) is 6.63. The molecule has 0 saturated carbocycles. The van der Waals surface area contributed by atoms with Crippen LogP contribution in [0.2, 0.25) is 0 Å². The predicted octanol–water partition coefficient (Wildman–Crippen LogP) is 3.15. The number of amides is 3. The van der Waals surface area contributed by atoms with Crippen molar-refractivity contribution in [2.45, 2.75) is 37.3 Å². The van der Waals surface area contributed by atoms with Crippen molar-refractivity contribution in [3.63, 3.8) is 0 Å². The smallest absolute Gasteiger partial charge is 0.269 e. The Morgan fingerprint density at radius 2 is 1.61 bits per heavy atom. The van der Waals surface area contributed by atoms with Crippen LogP contribution in [0.5, 0.6) is 17.2 Å². The number of thioether (sulfide) groups is 1. The first-order valence-corrected chi connectivity index (χ1v) is 11.6. The van der Waals surface area contributed by atoms with Gasteiger partial charge in [0.2, 0.25) is 17.6 Å². The van der Waals surface area contributed by atoms with E-state index < -0.39 is 17.1 Å². The van der Waals surface area contributed by atoms with Crippen LogP contribution >= 0.6 is 11.8 Å². The van der Waals surface area contributed by atoms with Crippen LogP contribution < -0.4 is 30.4 Å². The summed E-state index contributed by atoms with van der Waals surface area (Å²) < 4.78 is 16.9. The molecule has 9 nitrogen and oxygen atoms in total. The monoisotopic (exact) mass is 473 g/mol. The normalized spacial score (nSPS) is 14.5. The van der Waals surface area contributed by atoms with Crippen molar-refractivity contribution in [1.82, 2.24) is 10.9 Å². The highest BCUT2D eigenvalue weighted by Crippen LogP contribution is 2.39. The van der Waals surface area contributed by atoms with E-state index in [-0.39, 0.29) is 17.9 Å². The molecule has 0 fully saturated rings. The molecule has 3 N–H and O–H groups in total. The summed E-state index contributed by atoms with van der Waals surface area (Å²) >= 11 is 1.31. The molecule has 1 aliphatic rings. The number of carbonyl (C=O) groups is 3. The Balaban J connectivity index is 1.65. The van der Waals surface area contributed by atoms with Crippen LogP contribution in [0.1, 0.15) is 37.6 Å². The zero-order chi connectivity index (χ0) is 23.8. The highest BCUT2D eigenvalue weighted by atomic mass is 32.2. The van der Waals surface area contributed by atoms with Crippen molar-refractivity contribution in [3.8, 4) is 17.2 Å². The number of nitrogens with one attached hydrogen (secondary N) is 3. The molecule has 0 spiro atoms. The van der Waals surface area contributed by atoms with Crippen LogP contribution in [-0.4, -0.2) is 42.8 Å². The Hall–Kier alpha value is -3.40. The summed E-state index contributed by atoms with van der Waals surface area (Å²) in [5, 5.41) is 2.19. The fourth-order valence-corrected chi connectivity index (χ4v) is 4.28. The van der Waals surface area contributed by atoms with Gasteiger partial charge in [-0.15, -0.1) is 11.8 Å². The fraction of sp³-hybridized carbons (Fsp3) is 0.348. The Morgan fingerprint density at radius 3 is 2.24 bits per heavy atom. The van der Waals surface area contributed by atoms with E-state index in [9.17, 15) is 14.4 Å². The molecule has 0 bridgehead atoms. The zero-order valence-electron chi connectivity index (χ0n) is 18.7. The summed E-state index contributed by atoms with van der Waals surface area (Å²) in [6, 6.07) is 10.4. The summed E-state index contributed by atoms with van der Waals surface area (Å²) in [6.07, 6.45) is -0.0945. The summed E-state index contributed by atoms with van der Waals surface area (Å²) in [7, 11) is 0. The largest absolute Gasteiger partial charge is 0.490 e. The van der Waals surface area contributed by atoms with Gasteiger partial charge in [0.15, 0.2) is 11.5 Å². The zero-order valence-corrected chi connectivity index (χ0v) is 19.5. The summed E-state index contributed by atoms with van der Waals surface area (Å²) in [5.74, 6) is -0.140. The van der Waals surface area contributed by atoms with E-state index in [1.165, 1.54) is 23.9 Å². The lowest BCUT2D eigenvalue weighted by Gasteiger charge is -2.23. The van der Waals surface area contributed by atoms with Crippen molar-refractivity contribution in [3.05, 3.63) is 42.0 Å². The van der Waals surface area contributed by atoms with Crippen molar-refractivity contribution >= 4 is 35.2 Å². The number of ether oxygens (including phenoxy) is 3. The Morgan fingerprint density at radius 1 is 0.970 bits per heavy atom. The van der Waals surface area contributed by atoms with E-state index in [2.05, 4.69) is 16.2 Å². The van der Waals surface area contributed by atoms with E-state index in [4.69, 9.17) is 14.2 Å². The molecule has 1 heterocycles. The van der Waals surface area contributed by atoms with Crippen LogP contribution in [0.4, 0.5) is 5.69 Å². The van der Waals surface area contributed by atoms with Gasteiger partial charge in [-0.2, -0.15) is 0 Å². The number of hydrogen-bond acceptors (Lipinski definition) is 7. The van der Waals surface area contributed by atoms with Gasteiger partial charge in [-0.05, 0) is 45.0 Å². The first-order valence-electron chi connectivity index (χ1n) is 10.7. The van der Waals surface area contributed by atoms with Gasteiger partial charge in [-0.1, -0.05) is 12.1 Å². The maximum atomic E-state index is 12.7. The van der Waals surface area contributed by atoms with Gasteiger partial charge >= 0.3 is 0 Å². The molecule has 0 aliphatic carbocycles. The van der Waals surface area contributed by atoms with Gasteiger partial charge in [0.05, 0.1) is 30.8 Å². The van der Waals surface area contributed by atoms with Crippen molar-refractivity contribution in [1.29, 1.82) is 0 Å². The van der Waals surface area contributed by atoms with Crippen molar-refractivity contribution < 1.29 is 28.6 Å². The number of carbonyl (C=O) groups excluding carboxylic acids is 3. The average molecular weight is 474 g/mol. The first-order chi connectivity index (χ1) is 16.0. The number of hydrogen-bond donors (Lipinski definition) is 3. The lowest BCUT2D eigenvalue weighted by molar-refractivity contribution is -0.124. The van der Waals surface area contributed by atoms with Gasteiger partial charge in [0.25, 0.3) is 5.91 Å². The molecule has 0 saturated heterocycles. The third kappa shape index (κ3) is 6.10. The topological polar surface area (TPSA) is 115 Å². The number of anilines is 1. The summed E-state index contributed by atoms with van der Waals surface area (Å²) in [4.78, 5) is 38.3. The fourth-order valence-electron chi connectivity index (χ4n) is 3.16. The van der Waals surface area contributed by atoms with Crippen LogP contribution in [0, 0.1) is 0 Å². The standard InChI is InChI=1S/C23H27N3O6S/c1-4-30-16-11-14(12-17(31-5-2)21(16)32-6-3)22(28)26-25-20(27)13-19-23(29)24-15-9-7-8-10-18(15)33-19/h7-12,19H,4-6,13H2,1-3H3,(H,24,29)(H,25,27)(H,26,28). The van der Waals surface area contributed by atoms with Gasteiger partial charge in [-0.3, -0.25) is 25.2 Å². The molecular weight excluding hydrogens is 446 g/mol. The van der Waals surface area contributed by atoms with E-state index in [1.54, 1.807) is 6.07 Å². The maximum absolute atomic E-state index is 12.7. The Labute approximate surface area is 196 Å². The molecule has 2 aromatic carbocycles. The van der Waals surface area contributed by atoms with Crippen LogP contribution in [-0.2, 0) is 9.59 Å². The number of benzene rings is 2. The van der Waals surface area contributed by atoms with E-state index in [0.717, 1.165) is 10.6 Å². The number of rotatable bonds is 9. The third-order valence-electron chi connectivity index (χ3n) is 4.56. The third-order valence-corrected chi connectivity index (χ3v) is 5.84. The molecule has 1 aliphatic heterocycles. The minimum Gasteiger partial charge on any atom is -0.490 e. The maximum Gasteiger partial charge on any atom is 0.269 e. The second-order valence-corrected chi connectivity index (χ2v) is 8.14. The molecule has 3 rings (SSSR count). The van der Waals surface area contributed by atoms with Gasteiger partial charge in [0, 0.05) is 16.9 Å². The lowest BCUT2D eigenvalue weighted by Crippen LogP contribution is -2.44. The van der Waals surface area contributed by atoms with Crippen LogP contribution in [0.25, 0.3) is 0 Å². The minimum absolute atomic E-state index is 0.0945. The van der Waals surface area contributed by atoms with Crippen molar-refractivity contribution in [2.75, 3.05) is 25.1 Å². The quantitative estimate of drug-likeness (QED) is 0.479. The van der Waals surface area contributed by atoms with E-state index in [0.29, 0.717) is 37.1 Å². The molecule has 2 aromatic rings. The number of hydrazine groups is 1. The molecule has 10 heteroatoms. The Bertz CT molecular complexity index is 1000. The van der Waals surface area contributed by atoms with Gasteiger partial charge < -0.3 is 19.5 Å². The van der Waals surface area contributed by atoms with E-state index in [1.807, 2.05) is 39.0 Å². The number of para-hydroxylation sites is 1. The average Bonchev–Trinajstić information content (AvgIpc) is 2.80. The molecule has 0 aromatic heterocycles. The number of fused-ring (bicyclic) bond motifs is 1. The van der Waals surface area contributed by atoms with Gasteiger partial charge in [0.1, 0.15) is 0 Å². The van der Waals surface area contributed by atoms with Gasteiger partial charge in [-0.25, -0.2) is 0 Å². The SMILES string of the molecule is CCOc1cc(C(=O)NNC(=O)CC2Sc3ccccc3NC2=O)cc(OCC)c1OCC. The van der Waals surface area contributed by atoms with E-state index >= 15 is 0 Å². The first kappa shape index (κ1) is 24.2. The summed E-state index contributed by atoms with van der Waals surface area (Å²) in [5.41, 5.74) is 5.70. The minimum atomic E-state index is -0.601. The predicted molar refractivity (Wildman–Crippen MR) is 125 cm³/mol.